The second-order valence-corrected chi connectivity index (χ2v) is 8.97. The first-order valence-electron chi connectivity index (χ1n) is 8.60. The lowest BCUT2D eigenvalue weighted by atomic mass is 10.1. The zero-order valence-corrected chi connectivity index (χ0v) is 15.8. The molecule has 0 aliphatic carbocycles. The number of hydrogen-bond acceptors (Lipinski definition) is 6. The van der Waals surface area contributed by atoms with Gasteiger partial charge in [0.05, 0.1) is 23.2 Å². The normalized spacial score (nSPS) is 25.6. The van der Waals surface area contributed by atoms with Crippen LogP contribution < -0.4 is 4.74 Å². The molecule has 2 saturated heterocycles. The van der Waals surface area contributed by atoms with Gasteiger partial charge in [-0.1, -0.05) is 6.92 Å². The third-order valence-corrected chi connectivity index (χ3v) is 6.73. The van der Waals surface area contributed by atoms with Gasteiger partial charge in [-0.3, -0.25) is 14.7 Å². The van der Waals surface area contributed by atoms with Gasteiger partial charge in [0.2, 0.25) is 0 Å². The average Bonchev–Trinajstić information content (AvgIpc) is 2.89. The number of nitrogens with zero attached hydrogens (tertiary/aromatic N) is 3. The van der Waals surface area contributed by atoms with Crippen molar-refractivity contribution in [2.24, 2.45) is 0 Å². The lowest BCUT2D eigenvalue weighted by Crippen LogP contribution is -2.60. The van der Waals surface area contributed by atoms with Crippen molar-refractivity contribution in [2.45, 2.75) is 32.4 Å². The second-order valence-electron chi connectivity index (χ2n) is 6.82. The molecule has 0 N–H and O–H groups in total. The molecule has 0 unspecified atom stereocenters. The van der Waals surface area contributed by atoms with Gasteiger partial charge in [0.1, 0.15) is 5.75 Å². The fraction of sp³-hybridized carbons (Fsp3) is 0.647. The first-order valence-corrected chi connectivity index (χ1v) is 10.4. The Hall–Kier alpha value is -1.67. The molecule has 2 atom stereocenters. The smallest absolute Gasteiger partial charge is 0.260 e. The van der Waals surface area contributed by atoms with Crippen molar-refractivity contribution in [1.29, 1.82) is 0 Å². The van der Waals surface area contributed by atoms with E-state index in [4.69, 9.17) is 4.74 Å². The maximum absolute atomic E-state index is 12.7. The average molecular weight is 367 g/mol. The third kappa shape index (κ3) is 3.79. The minimum absolute atomic E-state index is 0.0417. The van der Waals surface area contributed by atoms with E-state index in [2.05, 4.69) is 4.98 Å². The van der Waals surface area contributed by atoms with Crippen LogP contribution in [0.15, 0.2) is 12.1 Å². The van der Waals surface area contributed by atoms with Gasteiger partial charge in [-0.05, 0) is 32.5 Å². The largest absolute Gasteiger partial charge is 0.482 e. The van der Waals surface area contributed by atoms with Crippen LogP contribution in [0.1, 0.15) is 18.3 Å². The summed E-state index contributed by atoms with van der Waals surface area (Å²) in [7, 11) is -1.18. The highest BCUT2D eigenvalue weighted by Gasteiger charge is 2.46. The molecule has 8 heteroatoms. The molecule has 138 valence electrons. The number of piperazine rings is 1. The molecule has 2 fully saturated rings. The summed E-state index contributed by atoms with van der Waals surface area (Å²) >= 11 is 0. The van der Waals surface area contributed by atoms with Gasteiger partial charge >= 0.3 is 0 Å². The number of carbonyl (C=O) groups is 1. The number of likely N-dealkylation sites (N-methyl/N-ethyl adjacent to an activating group) is 1. The molecule has 2 aliphatic rings. The maximum Gasteiger partial charge on any atom is 0.260 e. The van der Waals surface area contributed by atoms with Gasteiger partial charge < -0.3 is 9.64 Å². The monoisotopic (exact) mass is 367 g/mol. The molecule has 2 aliphatic heterocycles. The number of aryl methyl sites for hydroxylation is 2. The SMILES string of the molecule is CCc1nc(C)ccc1OCC(=O)N1CCN(C)[C@@H]2CS(=O)(=O)C[C@@H]21. The Morgan fingerprint density at radius 3 is 2.72 bits per heavy atom. The van der Waals surface area contributed by atoms with Gasteiger partial charge in [-0.2, -0.15) is 0 Å². The number of carbonyl (C=O) groups excluding carboxylic acids is 1. The van der Waals surface area contributed by atoms with Crippen LogP contribution in [0.3, 0.4) is 0 Å². The van der Waals surface area contributed by atoms with Gasteiger partial charge in [-0.15, -0.1) is 0 Å². The predicted octanol–water partition coefficient (Wildman–Crippen LogP) is 0.271. The van der Waals surface area contributed by atoms with Crippen molar-refractivity contribution in [3.05, 3.63) is 23.5 Å². The molecule has 3 heterocycles. The van der Waals surface area contributed by atoms with E-state index in [0.29, 0.717) is 18.8 Å². The number of pyridine rings is 1. The Balaban J connectivity index is 1.69. The summed E-state index contributed by atoms with van der Waals surface area (Å²) in [4.78, 5) is 20.8. The highest BCUT2D eigenvalue weighted by molar-refractivity contribution is 7.91. The highest BCUT2D eigenvalue weighted by Crippen LogP contribution is 2.26. The first kappa shape index (κ1) is 18.1. The molecule has 3 rings (SSSR count). The summed E-state index contributed by atoms with van der Waals surface area (Å²) in [6.45, 7) is 5.02. The number of hydrogen-bond donors (Lipinski definition) is 0. The molecule has 0 aromatic carbocycles. The molecule has 7 nitrogen and oxygen atoms in total. The van der Waals surface area contributed by atoms with E-state index in [-0.39, 0.29) is 36.1 Å². The minimum atomic E-state index is -3.10. The standard InChI is InChI=1S/C17H25N3O4S/c1-4-13-16(6-5-12(2)18-13)24-9-17(21)20-8-7-19(3)14-10-25(22,23)11-15(14)20/h5-6,14-15H,4,7-11H2,1-3H3/t14-,15+/m1/s1. The number of amides is 1. The molecular formula is C17H25N3O4S. The first-order chi connectivity index (χ1) is 11.8. The van der Waals surface area contributed by atoms with Crippen molar-refractivity contribution in [3.8, 4) is 5.75 Å². The fourth-order valence-electron chi connectivity index (χ4n) is 3.64. The Kier molecular flexibility index (Phi) is 5.02. The van der Waals surface area contributed by atoms with Crippen molar-refractivity contribution in [1.82, 2.24) is 14.8 Å². The molecule has 1 aromatic heterocycles. The summed E-state index contributed by atoms with van der Waals surface area (Å²) in [5, 5.41) is 0. The van der Waals surface area contributed by atoms with Gasteiger partial charge in [0, 0.05) is 24.8 Å². The third-order valence-electron chi connectivity index (χ3n) is 5.03. The topological polar surface area (TPSA) is 79.8 Å². The van der Waals surface area contributed by atoms with Crippen LogP contribution in [0.25, 0.3) is 0 Å². The second kappa shape index (κ2) is 6.92. The Morgan fingerprint density at radius 1 is 1.28 bits per heavy atom. The van der Waals surface area contributed by atoms with E-state index < -0.39 is 9.84 Å². The molecule has 0 saturated carbocycles. The van der Waals surface area contributed by atoms with Crippen molar-refractivity contribution >= 4 is 15.7 Å². The van der Waals surface area contributed by atoms with Crippen LogP contribution >= 0.6 is 0 Å². The summed E-state index contributed by atoms with van der Waals surface area (Å²) in [6.07, 6.45) is 0.725. The van der Waals surface area contributed by atoms with Gasteiger partial charge in [0.15, 0.2) is 16.4 Å². The molecule has 0 bridgehead atoms. The van der Waals surface area contributed by atoms with E-state index in [1.807, 2.05) is 37.9 Å². The van der Waals surface area contributed by atoms with Crippen LogP contribution in [0.5, 0.6) is 5.75 Å². The van der Waals surface area contributed by atoms with Crippen molar-refractivity contribution < 1.29 is 17.9 Å². The maximum atomic E-state index is 12.7. The van der Waals surface area contributed by atoms with Crippen LogP contribution in [-0.2, 0) is 21.1 Å². The lowest BCUT2D eigenvalue weighted by Gasteiger charge is -2.42. The molecule has 25 heavy (non-hydrogen) atoms. The van der Waals surface area contributed by atoms with Gasteiger partial charge in [-0.25, -0.2) is 8.42 Å². The molecular weight excluding hydrogens is 342 g/mol. The lowest BCUT2D eigenvalue weighted by molar-refractivity contribution is -0.138. The van der Waals surface area contributed by atoms with E-state index in [1.165, 1.54) is 0 Å². The van der Waals surface area contributed by atoms with Crippen LogP contribution in [0, 0.1) is 6.92 Å². The van der Waals surface area contributed by atoms with Crippen molar-refractivity contribution in [2.75, 3.05) is 38.2 Å². The summed E-state index contributed by atoms with van der Waals surface area (Å²) < 4.78 is 29.7. The highest BCUT2D eigenvalue weighted by atomic mass is 32.2. The van der Waals surface area contributed by atoms with E-state index in [0.717, 1.165) is 17.8 Å². The molecule has 1 amide bonds. The Morgan fingerprint density at radius 2 is 2.00 bits per heavy atom. The number of fused-ring (bicyclic) bond motifs is 1. The Labute approximate surface area is 148 Å². The van der Waals surface area contributed by atoms with E-state index in [1.54, 1.807) is 4.90 Å². The zero-order chi connectivity index (χ0) is 18.2. The van der Waals surface area contributed by atoms with Crippen LogP contribution in [0.2, 0.25) is 0 Å². The summed E-state index contributed by atoms with van der Waals surface area (Å²) in [5.74, 6) is 0.620. The molecule has 0 spiro atoms. The molecule has 0 radical (unpaired) electrons. The van der Waals surface area contributed by atoms with Crippen molar-refractivity contribution in [3.63, 3.8) is 0 Å². The number of aromatic nitrogens is 1. The Bertz CT molecular complexity index is 765. The molecule has 1 aromatic rings. The van der Waals surface area contributed by atoms with Crippen LogP contribution in [0.4, 0.5) is 0 Å². The zero-order valence-electron chi connectivity index (χ0n) is 14.9. The summed E-state index contributed by atoms with van der Waals surface area (Å²) in [6, 6.07) is 3.30. The van der Waals surface area contributed by atoms with E-state index in [9.17, 15) is 13.2 Å². The summed E-state index contributed by atoms with van der Waals surface area (Å²) in [5.41, 5.74) is 1.74. The van der Waals surface area contributed by atoms with Gasteiger partial charge in [0.25, 0.3) is 5.91 Å². The predicted molar refractivity (Wildman–Crippen MR) is 94.4 cm³/mol. The number of rotatable bonds is 4. The quantitative estimate of drug-likeness (QED) is 0.760. The fourth-order valence-corrected chi connectivity index (χ4v) is 5.70. The number of sulfone groups is 1. The van der Waals surface area contributed by atoms with E-state index >= 15 is 0 Å². The van der Waals surface area contributed by atoms with Crippen LogP contribution in [-0.4, -0.2) is 79.4 Å². The number of ether oxygens (including phenoxy) is 1. The minimum Gasteiger partial charge on any atom is -0.482 e.